The molecule has 7 nitrogen and oxygen atoms in total. The minimum absolute atomic E-state index is 0. The van der Waals surface area contributed by atoms with E-state index in [1.54, 1.807) is 26.1 Å². The Hall–Kier alpha value is -1.91. The third-order valence-electron chi connectivity index (χ3n) is 3.13. The molecule has 1 unspecified atom stereocenters. The standard InChI is InChI=1S/C16H22FN5O2.HI/c1-11(23-14-6-4-13(17)5-7-14)10-20-16(18-3)19-9-8-15-21-12(2)22-24-15;/h4-7,11H,8-10H2,1-3H3,(H2,18,19,20);1H. The Balaban J connectivity index is 0.00000312. The summed E-state index contributed by atoms with van der Waals surface area (Å²) in [5.74, 6) is 2.21. The van der Waals surface area contributed by atoms with Crippen LogP contribution < -0.4 is 15.4 Å². The number of hydrogen-bond donors (Lipinski definition) is 2. The largest absolute Gasteiger partial charge is 0.489 e. The van der Waals surface area contributed by atoms with E-state index in [-0.39, 0.29) is 35.9 Å². The second kappa shape index (κ2) is 10.9. The number of aryl methyl sites for hydroxylation is 1. The number of halogens is 2. The first kappa shape index (κ1) is 21.1. The van der Waals surface area contributed by atoms with Gasteiger partial charge in [0, 0.05) is 20.0 Å². The number of aliphatic imine (C=N–C) groups is 1. The number of guanidine groups is 1. The Morgan fingerprint density at radius 1 is 1.32 bits per heavy atom. The van der Waals surface area contributed by atoms with Crippen molar-refractivity contribution >= 4 is 29.9 Å². The number of nitrogens with one attached hydrogen (secondary N) is 2. The van der Waals surface area contributed by atoms with Crippen molar-refractivity contribution in [3.63, 3.8) is 0 Å². The Bertz CT molecular complexity index is 663. The first-order valence-corrected chi connectivity index (χ1v) is 7.72. The van der Waals surface area contributed by atoms with Gasteiger partial charge >= 0.3 is 0 Å². The smallest absolute Gasteiger partial charge is 0.228 e. The van der Waals surface area contributed by atoms with Gasteiger partial charge in [-0.2, -0.15) is 4.98 Å². The van der Waals surface area contributed by atoms with E-state index in [0.717, 1.165) is 0 Å². The summed E-state index contributed by atoms with van der Waals surface area (Å²) in [6.07, 6.45) is 0.510. The zero-order valence-electron chi connectivity index (χ0n) is 14.5. The molecular weight excluding hydrogens is 440 g/mol. The van der Waals surface area contributed by atoms with Gasteiger partial charge in [-0.25, -0.2) is 4.39 Å². The number of aromatic nitrogens is 2. The van der Waals surface area contributed by atoms with Crippen molar-refractivity contribution in [2.75, 3.05) is 20.1 Å². The van der Waals surface area contributed by atoms with E-state index in [1.807, 2.05) is 6.92 Å². The van der Waals surface area contributed by atoms with Gasteiger partial charge in [0.05, 0.1) is 6.54 Å². The van der Waals surface area contributed by atoms with E-state index < -0.39 is 0 Å². The lowest BCUT2D eigenvalue weighted by atomic mass is 10.3. The lowest BCUT2D eigenvalue weighted by Crippen LogP contribution is -2.42. The van der Waals surface area contributed by atoms with Gasteiger partial charge in [0.2, 0.25) is 5.89 Å². The van der Waals surface area contributed by atoms with E-state index in [2.05, 4.69) is 25.8 Å². The zero-order chi connectivity index (χ0) is 17.4. The van der Waals surface area contributed by atoms with Crippen LogP contribution in [0.4, 0.5) is 4.39 Å². The van der Waals surface area contributed by atoms with Gasteiger partial charge in [-0.05, 0) is 38.1 Å². The quantitative estimate of drug-likeness (QED) is 0.373. The number of nitrogens with zero attached hydrogens (tertiary/aromatic N) is 3. The van der Waals surface area contributed by atoms with Crippen molar-refractivity contribution in [2.45, 2.75) is 26.4 Å². The average Bonchev–Trinajstić information content (AvgIpc) is 2.98. The summed E-state index contributed by atoms with van der Waals surface area (Å²) < 4.78 is 23.6. The molecule has 0 aliphatic carbocycles. The molecule has 138 valence electrons. The maximum Gasteiger partial charge on any atom is 0.228 e. The summed E-state index contributed by atoms with van der Waals surface area (Å²) in [5, 5.41) is 10.1. The summed E-state index contributed by atoms with van der Waals surface area (Å²) in [6, 6.07) is 5.95. The predicted molar refractivity (Wildman–Crippen MR) is 104 cm³/mol. The monoisotopic (exact) mass is 463 g/mol. The maximum absolute atomic E-state index is 12.9. The number of rotatable bonds is 7. The van der Waals surface area contributed by atoms with Crippen LogP contribution in [0.3, 0.4) is 0 Å². The molecular formula is C16H23FIN5O2. The molecule has 9 heteroatoms. The third-order valence-corrected chi connectivity index (χ3v) is 3.13. The molecule has 0 spiro atoms. The second-order valence-electron chi connectivity index (χ2n) is 5.25. The van der Waals surface area contributed by atoms with Crippen molar-refractivity contribution < 1.29 is 13.7 Å². The Labute approximate surface area is 163 Å². The van der Waals surface area contributed by atoms with Crippen LogP contribution in [0.25, 0.3) is 0 Å². The molecule has 25 heavy (non-hydrogen) atoms. The molecule has 1 heterocycles. The zero-order valence-corrected chi connectivity index (χ0v) is 16.8. The summed E-state index contributed by atoms with van der Waals surface area (Å²) in [7, 11) is 1.69. The highest BCUT2D eigenvalue weighted by molar-refractivity contribution is 14.0. The van der Waals surface area contributed by atoms with Crippen LogP contribution in [-0.2, 0) is 6.42 Å². The Morgan fingerprint density at radius 2 is 2.04 bits per heavy atom. The lowest BCUT2D eigenvalue weighted by molar-refractivity contribution is 0.223. The third kappa shape index (κ3) is 7.67. The first-order chi connectivity index (χ1) is 11.6. The number of benzene rings is 1. The molecule has 2 N–H and O–H groups in total. The van der Waals surface area contributed by atoms with Crippen LogP contribution in [0.15, 0.2) is 33.8 Å². The highest BCUT2D eigenvalue weighted by atomic mass is 127. The van der Waals surface area contributed by atoms with E-state index in [4.69, 9.17) is 9.26 Å². The number of hydrogen-bond acceptors (Lipinski definition) is 5. The van der Waals surface area contributed by atoms with Gasteiger partial charge in [0.15, 0.2) is 11.8 Å². The fourth-order valence-corrected chi connectivity index (χ4v) is 1.98. The van der Waals surface area contributed by atoms with Crippen molar-refractivity contribution in [2.24, 2.45) is 4.99 Å². The van der Waals surface area contributed by atoms with E-state index in [9.17, 15) is 4.39 Å². The summed E-state index contributed by atoms with van der Waals surface area (Å²) in [6.45, 7) is 4.87. The summed E-state index contributed by atoms with van der Waals surface area (Å²) in [4.78, 5) is 8.27. The summed E-state index contributed by atoms with van der Waals surface area (Å²) >= 11 is 0. The molecule has 0 fully saturated rings. The van der Waals surface area contributed by atoms with Crippen LogP contribution in [-0.4, -0.2) is 42.3 Å². The Morgan fingerprint density at radius 3 is 2.64 bits per heavy atom. The topological polar surface area (TPSA) is 84.6 Å². The number of ether oxygens (including phenoxy) is 1. The molecule has 2 aromatic rings. The van der Waals surface area contributed by atoms with E-state index >= 15 is 0 Å². The SMILES string of the molecule is CN=C(NCCc1nc(C)no1)NCC(C)Oc1ccc(F)cc1.I. The van der Waals surface area contributed by atoms with Crippen LogP contribution in [0.5, 0.6) is 5.75 Å². The van der Waals surface area contributed by atoms with Gasteiger partial charge in [-0.1, -0.05) is 5.16 Å². The molecule has 0 radical (unpaired) electrons. The van der Waals surface area contributed by atoms with Crippen molar-refractivity contribution in [3.05, 3.63) is 41.8 Å². The van der Waals surface area contributed by atoms with Gasteiger partial charge in [-0.3, -0.25) is 4.99 Å². The normalized spacial score (nSPS) is 12.2. The fourth-order valence-electron chi connectivity index (χ4n) is 1.98. The van der Waals surface area contributed by atoms with Crippen LogP contribution >= 0.6 is 24.0 Å². The molecule has 1 aromatic carbocycles. The first-order valence-electron chi connectivity index (χ1n) is 7.72. The average molecular weight is 463 g/mol. The van der Waals surface area contributed by atoms with Crippen LogP contribution in [0.2, 0.25) is 0 Å². The van der Waals surface area contributed by atoms with Gasteiger partial charge in [-0.15, -0.1) is 24.0 Å². The molecule has 2 rings (SSSR count). The molecule has 0 amide bonds. The molecule has 0 saturated heterocycles. The minimum Gasteiger partial charge on any atom is -0.489 e. The lowest BCUT2D eigenvalue weighted by Gasteiger charge is -2.17. The Kier molecular flexibility index (Phi) is 9.17. The minimum atomic E-state index is -0.283. The highest BCUT2D eigenvalue weighted by Crippen LogP contribution is 2.12. The molecule has 1 atom stereocenters. The van der Waals surface area contributed by atoms with Gasteiger partial charge in [0.25, 0.3) is 0 Å². The van der Waals surface area contributed by atoms with Crippen LogP contribution in [0, 0.1) is 12.7 Å². The molecule has 0 aliphatic heterocycles. The predicted octanol–water partition coefficient (Wildman–Crippen LogP) is 2.31. The van der Waals surface area contributed by atoms with Crippen molar-refractivity contribution in [1.82, 2.24) is 20.8 Å². The maximum atomic E-state index is 12.9. The second-order valence-corrected chi connectivity index (χ2v) is 5.25. The molecule has 0 bridgehead atoms. The fraction of sp³-hybridized carbons (Fsp3) is 0.438. The van der Waals surface area contributed by atoms with Crippen LogP contribution in [0.1, 0.15) is 18.6 Å². The molecule has 1 aromatic heterocycles. The van der Waals surface area contributed by atoms with Gasteiger partial charge < -0.3 is 19.9 Å². The van der Waals surface area contributed by atoms with E-state index in [0.29, 0.717) is 42.9 Å². The van der Waals surface area contributed by atoms with Crippen molar-refractivity contribution in [3.8, 4) is 5.75 Å². The van der Waals surface area contributed by atoms with Gasteiger partial charge in [0.1, 0.15) is 17.7 Å². The molecule has 0 aliphatic rings. The highest BCUT2D eigenvalue weighted by Gasteiger charge is 2.07. The summed E-state index contributed by atoms with van der Waals surface area (Å²) in [5.41, 5.74) is 0. The van der Waals surface area contributed by atoms with Crippen molar-refractivity contribution in [1.29, 1.82) is 0 Å². The molecule has 0 saturated carbocycles. The van der Waals surface area contributed by atoms with E-state index in [1.165, 1.54) is 12.1 Å².